The van der Waals surface area contributed by atoms with Crippen LogP contribution in [0.5, 0.6) is 0 Å². The maximum absolute atomic E-state index is 13.4. The molecule has 2 aromatic rings. The van der Waals surface area contributed by atoms with Crippen molar-refractivity contribution >= 4 is 0 Å². The Kier molecular flexibility index (Phi) is 3.23. The number of nitrogens with two attached hydrogens (primary N) is 1. The maximum Gasteiger partial charge on any atom is 0.264 e. The van der Waals surface area contributed by atoms with Gasteiger partial charge in [0, 0.05) is 0 Å². The normalized spacial score (nSPS) is 12.8. The fourth-order valence-electron chi connectivity index (χ4n) is 1.31. The number of hydrogen-bond donors (Lipinski definition) is 1. The summed E-state index contributed by atoms with van der Waals surface area (Å²) in [6.45, 7) is 1.45. The summed E-state index contributed by atoms with van der Waals surface area (Å²) < 4.78 is 70.1. The molecule has 2 rings (SSSR count). The standard InChI is InChI=1S/C10H6F5N3O/c1-2(16)9-17-10(19-18-9)3-4(11)6(13)8(15)7(14)5(3)12/h2H,16H2,1H3. The van der Waals surface area contributed by atoms with Crippen molar-refractivity contribution in [2.24, 2.45) is 5.73 Å². The van der Waals surface area contributed by atoms with Crippen molar-refractivity contribution in [3.63, 3.8) is 0 Å². The van der Waals surface area contributed by atoms with Gasteiger partial charge in [0.15, 0.2) is 29.1 Å². The zero-order valence-electron chi connectivity index (χ0n) is 9.35. The number of rotatable bonds is 2. The molecule has 1 aromatic heterocycles. The minimum absolute atomic E-state index is 0.126. The lowest BCUT2D eigenvalue weighted by molar-refractivity contribution is 0.371. The molecule has 2 N–H and O–H groups in total. The van der Waals surface area contributed by atoms with E-state index in [4.69, 9.17) is 5.73 Å². The minimum atomic E-state index is -2.26. The number of benzene rings is 1. The van der Waals surface area contributed by atoms with E-state index in [0.717, 1.165) is 0 Å². The van der Waals surface area contributed by atoms with Crippen molar-refractivity contribution in [3.8, 4) is 11.5 Å². The van der Waals surface area contributed by atoms with Gasteiger partial charge in [-0.25, -0.2) is 22.0 Å². The van der Waals surface area contributed by atoms with Gasteiger partial charge < -0.3 is 10.3 Å². The lowest BCUT2D eigenvalue weighted by Gasteiger charge is -2.03. The largest absolute Gasteiger partial charge is 0.334 e. The molecule has 0 spiro atoms. The van der Waals surface area contributed by atoms with Crippen molar-refractivity contribution < 1.29 is 26.5 Å². The van der Waals surface area contributed by atoms with Crippen LogP contribution in [0.4, 0.5) is 22.0 Å². The van der Waals surface area contributed by atoms with Gasteiger partial charge in [0.2, 0.25) is 5.82 Å². The molecule has 0 aliphatic heterocycles. The molecule has 4 nitrogen and oxygen atoms in total. The summed E-state index contributed by atoms with van der Waals surface area (Å²) in [5.41, 5.74) is 4.10. The SMILES string of the molecule is CC(N)c1noc(-c2c(F)c(F)c(F)c(F)c2F)n1. The number of nitrogens with zero attached hydrogens (tertiary/aromatic N) is 2. The summed E-state index contributed by atoms with van der Waals surface area (Å²) in [6.07, 6.45) is 0. The quantitative estimate of drug-likeness (QED) is 0.521. The summed E-state index contributed by atoms with van der Waals surface area (Å²) in [7, 11) is 0. The van der Waals surface area contributed by atoms with E-state index in [1.807, 2.05) is 0 Å². The van der Waals surface area contributed by atoms with Crippen LogP contribution < -0.4 is 5.73 Å². The summed E-state index contributed by atoms with van der Waals surface area (Å²) >= 11 is 0. The zero-order chi connectivity index (χ0) is 14.3. The molecule has 0 amide bonds. The molecule has 0 saturated heterocycles. The Labute approximate surface area is 103 Å². The lowest BCUT2D eigenvalue weighted by Crippen LogP contribution is -2.07. The van der Waals surface area contributed by atoms with E-state index in [2.05, 4.69) is 14.7 Å². The molecule has 1 atom stereocenters. The highest BCUT2D eigenvalue weighted by molar-refractivity contribution is 5.55. The average molecular weight is 279 g/mol. The molecule has 1 aromatic carbocycles. The van der Waals surface area contributed by atoms with E-state index >= 15 is 0 Å². The van der Waals surface area contributed by atoms with Crippen molar-refractivity contribution in [1.82, 2.24) is 10.1 Å². The molecule has 0 aliphatic carbocycles. The van der Waals surface area contributed by atoms with Gasteiger partial charge in [0.05, 0.1) is 6.04 Å². The van der Waals surface area contributed by atoms with Gasteiger partial charge in [-0.05, 0) is 6.92 Å². The van der Waals surface area contributed by atoms with E-state index in [1.54, 1.807) is 0 Å². The van der Waals surface area contributed by atoms with Gasteiger partial charge in [-0.2, -0.15) is 4.98 Å². The first-order valence-electron chi connectivity index (χ1n) is 4.95. The van der Waals surface area contributed by atoms with Crippen LogP contribution in [0.25, 0.3) is 11.5 Å². The molecule has 102 valence electrons. The van der Waals surface area contributed by atoms with Gasteiger partial charge in [-0.1, -0.05) is 5.16 Å². The van der Waals surface area contributed by atoms with E-state index < -0.39 is 46.6 Å². The summed E-state index contributed by atoms with van der Waals surface area (Å²) in [5.74, 6) is -11.5. The lowest BCUT2D eigenvalue weighted by atomic mass is 10.1. The third kappa shape index (κ3) is 2.05. The van der Waals surface area contributed by atoms with Gasteiger partial charge >= 0.3 is 0 Å². The molecule has 0 radical (unpaired) electrons. The van der Waals surface area contributed by atoms with Gasteiger partial charge in [-0.3, -0.25) is 0 Å². The zero-order valence-corrected chi connectivity index (χ0v) is 9.35. The molecule has 1 heterocycles. The van der Waals surface area contributed by atoms with Crippen LogP contribution in [-0.4, -0.2) is 10.1 Å². The number of hydrogen-bond acceptors (Lipinski definition) is 4. The highest BCUT2D eigenvalue weighted by Crippen LogP contribution is 2.30. The van der Waals surface area contributed by atoms with Crippen LogP contribution in [0.3, 0.4) is 0 Å². The first-order chi connectivity index (χ1) is 8.84. The maximum atomic E-state index is 13.4. The number of aromatic nitrogens is 2. The van der Waals surface area contributed by atoms with E-state index in [1.165, 1.54) is 6.92 Å². The minimum Gasteiger partial charge on any atom is -0.334 e. The highest BCUT2D eigenvalue weighted by atomic mass is 19.2. The van der Waals surface area contributed by atoms with Crippen LogP contribution in [-0.2, 0) is 0 Å². The Morgan fingerprint density at radius 3 is 1.84 bits per heavy atom. The van der Waals surface area contributed by atoms with Crippen molar-refractivity contribution in [2.45, 2.75) is 13.0 Å². The molecule has 9 heteroatoms. The van der Waals surface area contributed by atoms with Crippen LogP contribution in [0, 0.1) is 29.1 Å². The smallest absolute Gasteiger partial charge is 0.264 e. The Balaban J connectivity index is 2.68. The van der Waals surface area contributed by atoms with Crippen LogP contribution in [0.15, 0.2) is 4.52 Å². The predicted molar refractivity (Wildman–Crippen MR) is 52.1 cm³/mol. The van der Waals surface area contributed by atoms with Gasteiger partial charge in [0.1, 0.15) is 5.56 Å². The van der Waals surface area contributed by atoms with E-state index in [0.29, 0.717) is 0 Å². The fourth-order valence-corrected chi connectivity index (χ4v) is 1.31. The highest BCUT2D eigenvalue weighted by Gasteiger charge is 2.30. The summed E-state index contributed by atoms with van der Waals surface area (Å²) in [6, 6.07) is -0.723. The molecular weight excluding hydrogens is 273 g/mol. The topological polar surface area (TPSA) is 64.9 Å². The van der Waals surface area contributed by atoms with Crippen LogP contribution in [0.1, 0.15) is 18.8 Å². The molecule has 19 heavy (non-hydrogen) atoms. The van der Waals surface area contributed by atoms with Gasteiger partial charge in [-0.15, -0.1) is 0 Å². The third-order valence-corrected chi connectivity index (χ3v) is 2.27. The van der Waals surface area contributed by atoms with E-state index in [-0.39, 0.29) is 5.82 Å². The Hall–Kier alpha value is -2.03. The Morgan fingerprint density at radius 2 is 1.42 bits per heavy atom. The predicted octanol–water partition coefficient (Wildman–Crippen LogP) is 2.45. The fraction of sp³-hybridized carbons (Fsp3) is 0.200. The molecule has 1 unspecified atom stereocenters. The van der Waals surface area contributed by atoms with E-state index in [9.17, 15) is 22.0 Å². The molecule has 0 saturated carbocycles. The average Bonchev–Trinajstić information content (AvgIpc) is 2.84. The Morgan fingerprint density at radius 1 is 0.947 bits per heavy atom. The van der Waals surface area contributed by atoms with Crippen LogP contribution in [0.2, 0.25) is 0 Å². The Bertz CT molecular complexity index is 611. The monoisotopic (exact) mass is 279 g/mol. The summed E-state index contributed by atoms with van der Waals surface area (Å²) in [5, 5.41) is 3.27. The molecule has 0 bridgehead atoms. The second-order valence-corrected chi connectivity index (χ2v) is 3.69. The second-order valence-electron chi connectivity index (χ2n) is 3.69. The first kappa shape index (κ1) is 13.4. The van der Waals surface area contributed by atoms with Crippen molar-refractivity contribution in [3.05, 3.63) is 34.9 Å². The van der Waals surface area contributed by atoms with Crippen molar-refractivity contribution in [1.29, 1.82) is 0 Å². The molecule has 0 fully saturated rings. The second kappa shape index (κ2) is 4.57. The first-order valence-corrected chi connectivity index (χ1v) is 4.95. The van der Waals surface area contributed by atoms with Gasteiger partial charge in [0.25, 0.3) is 5.89 Å². The third-order valence-electron chi connectivity index (χ3n) is 2.27. The molecular formula is C10H6F5N3O. The molecule has 0 aliphatic rings. The number of halogens is 5. The van der Waals surface area contributed by atoms with Crippen LogP contribution >= 0.6 is 0 Å². The summed E-state index contributed by atoms with van der Waals surface area (Å²) in [4.78, 5) is 3.47. The van der Waals surface area contributed by atoms with Crippen molar-refractivity contribution in [2.75, 3.05) is 0 Å².